The molecule has 0 aliphatic heterocycles. The van der Waals surface area contributed by atoms with Crippen LogP contribution >= 0.6 is 22.9 Å². The third-order valence-corrected chi connectivity index (χ3v) is 5.54. The summed E-state index contributed by atoms with van der Waals surface area (Å²) in [5.74, 6) is 0.458. The van der Waals surface area contributed by atoms with Gasteiger partial charge in [-0.25, -0.2) is 4.98 Å². The van der Waals surface area contributed by atoms with Gasteiger partial charge in [-0.15, -0.1) is 11.3 Å². The van der Waals surface area contributed by atoms with Gasteiger partial charge in [0.1, 0.15) is 5.75 Å². The van der Waals surface area contributed by atoms with Gasteiger partial charge in [-0.3, -0.25) is 10.1 Å². The van der Waals surface area contributed by atoms with Crippen LogP contribution in [0.2, 0.25) is 5.02 Å². The number of anilines is 1. The number of aromatic nitrogens is 1. The van der Waals surface area contributed by atoms with E-state index in [1.54, 1.807) is 11.3 Å². The van der Waals surface area contributed by atoms with E-state index in [1.165, 1.54) is 17.7 Å². The molecule has 1 heterocycles. The summed E-state index contributed by atoms with van der Waals surface area (Å²) in [5, 5.41) is 4.23. The van der Waals surface area contributed by atoms with E-state index in [0.29, 0.717) is 10.9 Å². The van der Waals surface area contributed by atoms with Crippen LogP contribution in [0.1, 0.15) is 34.5 Å². The molecule has 0 bridgehead atoms. The molecule has 0 radical (unpaired) electrons. The predicted octanol–water partition coefficient (Wildman–Crippen LogP) is 4.31. The Morgan fingerprint density at radius 3 is 2.70 bits per heavy atom. The summed E-state index contributed by atoms with van der Waals surface area (Å²) < 4.78 is 5.56. The Morgan fingerprint density at radius 1 is 1.30 bits per heavy atom. The molecule has 23 heavy (non-hydrogen) atoms. The quantitative estimate of drug-likeness (QED) is 0.893. The molecular formula is C17H19ClN2O2S. The fraction of sp³-hybridized carbons (Fsp3) is 0.412. The van der Waals surface area contributed by atoms with E-state index in [-0.39, 0.29) is 12.5 Å². The number of hydrogen-bond acceptors (Lipinski definition) is 4. The molecule has 6 heteroatoms. The molecule has 0 unspecified atom stereocenters. The minimum absolute atomic E-state index is 0.0369. The highest BCUT2D eigenvalue weighted by atomic mass is 35.5. The molecular weight excluding hydrogens is 332 g/mol. The van der Waals surface area contributed by atoms with E-state index in [0.717, 1.165) is 34.7 Å². The SMILES string of the molecule is Cc1cc(OCC(=O)Nc2nc3c(s2)CCCC3)cc(C)c1Cl. The van der Waals surface area contributed by atoms with Crippen molar-refractivity contribution in [2.45, 2.75) is 39.5 Å². The summed E-state index contributed by atoms with van der Waals surface area (Å²) in [6.45, 7) is 3.80. The molecule has 1 amide bonds. The molecule has 1 aromatic carbocycles. The van der Waals surface area contributed by atoms with Crippen LogP contribution in [0.25, 0.3) is 0 Å². The van der Waals surface area contributed by atoms with Crippen molar-refractivity contribution in [1.82, 2.24) is 4.98 Å². The van der Waals surface area contributed by atoms with Crippen molar-refractivity contribution in [2.75, 3.05) is 11.9 Å². The van der Waals surface area contributed by atoms with Crippen LogP contribution in [0.5, 0.6) is 5.75 Å². The summed E-state index contributed by atoms with van der Waals surface area (Å²) in [5.41, 5.74) is 3.02. The molecule has 0 saturated heterocycles. The number of carbonyl (C=O) groups is 1. The minimum atomic E-state index is -0.193. The molecule has 4 nitrogen and oxygen atoms in total. The summed E-state index contributed by atoms with van der Waals surface area (Å²) in [7, 11) is 0. The molecule has 2 aromatic rings. The van der Waals surface area contributed by atoms with Gasteiger partial charge in [0.15, 0.2) is 11.7 Å². The first kappa shape index (κ1) is 16.3. The average molecular weight is 351 g/mol. The number of fused-ring (bicyclic) bond motifs is 1. The molecule has 1 N–H and O–H groups in total. The molecule has 3 rings (SSSR count). The number of rotatable bonds is 4. The number of halogens is 1. The van der Waals surface area contributed by atoms with E-state index >= 15 is 0 Å². The topological polar surface area (TPSA) is 51.2 Å². The first-order valence-corrected chi connectivity index (χ1v) is 8.90. The van der Waals surface area contributed by atoms with E-state index in [9.17, 15) is 4.79 Å². The first-order valence-electron chi connectivity index (χ1n) is 7.71. The Bertz CT molecular complexity index is 696. The number of nitrogens with zero attached hydrogens (tertiary/aromatic N) is 1. The largest absolute Gasteiger partial charge is 0.484 e. The van der Waals surface area contributed by atoms with E-state index in [1.807, 2.05) is 26.0 Å². The molecule has 0 atom stereocenters. The van der Waals surface area contributed by atoms with Crippen molar-refractivity contribution >= 4 is 34.0 Å². The second kappa shape index (κ2) is 6.89. The van der Waals surface area contributed by atoms with Gasteiger partial charge in [0.2, 0.25) is 0 Å². The van der Waals surface area contributed by atoms with Crippen LogP contribution in [0.3, 0.4) is 0 Å². The minimum Gasteiger partial charge on any atom is -0.484 e. The normalized spacial score (nSPS) is 13.5. The summed E-state index contributed by atoms with van der Waals surface area (Å²) in [6, 6.07) is 3.68. The van der Waals surface area contributed by atoms with Gasteiger partial charge in [0.05, 0.1) is 5.69 Å². The van der Waals surface area contributed by atoms with Crippen molar-refractivity contribution in [2.24, 2.45) is 0 Å². The number of ether oxygens (including phenoxy) is 1. The number of carbonyl (C=O) groups excluding carboxylic acids is 1. The van der Waals surface area contributed by atoms with Gasteiger partial charge in [0, 0.05) is 9.90 Å². The maximum absolute atomic E-state index is 12.0. The first-order chi connectivity index (χ1) is 11.0. The van der Waals surface area contributed by atoms with E-state index in [4.69, 9.17) is 16.3 Å². The fourth-order valence-corrected chi connectivity index (χ4v) is 3.87. The highest BCUT2D eigenvalue weighted by molar-refractivity contribution is 7.15. The Hall–Kier alpha value is -1.59. The smallest absolute Gasteiger partial charge is 0.264 e. The second-order valence-electron chi connectivity index (χ2n) is 5.80. The molecule has 1 aromatic heterocycles. The van der Waals surface area contributed by atoms with Gasteiger partial charge < -0.3 is 4.74 Å². The Morgan fingerprint density at radius 2 is 2.00 bits per heavy atom. The van der Waals surface area contributed by atoms with Crippen LogP contribution in [-0.4, -0.2) is 17.5 Å². The zero-order chi connectivity index (χ0) is 16.4. The maximum atomic E-state index is 12.0. The fourth-order valence-electron chi connectivity index (χ4n) is 2.70. The summed E-state index contributed by atoms with van der Waals surface area (Å²) in [6.07, 6.45) is 4.48. The van der Waals surface area contributed by atoms with Crippen molar-refractivity contribution in [1.29, 1.82) is 0 Å². The molecule has 122 valence electrons. The van der Waals surface area contributed by atoms with Crippen LogP contribution in [0.4, 0.5) is 5.13 Å². The number of nitrogens with one attached hydrogen (secondary N) is 1. The van der Waals surface area contributed by atoms with Crippen LogP contribution in [0.15, 0.2) is 12.1 Å². The van der Waals surface area contributed by atoms with Gasteiger partial charge in [-0.1, -0.05) is 11.6 Å². The molecule has 1 aliphatic carbocycles. The Labute approximate surface area is 144 Å². The van der Waals surface area contributed by atoms with Crippen molar-refractivity contribution < 1.29 is 9.53 Å². The number of benzene rings is 1. The van der Waals surface area contributed by atoms with Gasteiger partial charge in [-0.2, -0.15) is 0 Å². The lowest BCUT2D eigenvalue weighted by atomic mass is 10.0. The third kappa shape index (κ3) is 3.85. The maximum Gasteiger partial charge on any atom is 0.264 e. The van der Waals surface area contributed by atoms with Gasteiger partial charge >= 0.3 is 0 Å². The third-order valence-electron chi connectivity index (χ3n) is 3.87. The van der Waals surface area contributed by atoms with E-state index < -0.39 is 0 Å². The number of aryl methyl sites for hydroxylation is 4. The summed E-state index contributed by atoms with van der Waals surface area (Å²) >= 11 is 7.70. The summed E-state index contributed by atoms with van der Waals surface area (Å²) in [4.78, 5) is 17.8. The zero-order valence-electron chi connectivity index (χ0n) is 13.2. The molecule has 1 aliphatic rings. The Balaban J connectivity index is 1.58. The zero-order valence-corrected chi connectivity index (χ0v) is 14.8. The molecule has 0 spiro atoms. The average Bonchev–Trinajstić information content (AvgIpc) is 2.92. The lowest BCUT2D eigenvalue weighted by Gasteiger charge is -2.09. The molecule has 0 fully saturated rings. The Kier molecular flexibility index (Phi) is 4.87. The van der Waals surface area contributed by atoms with Crippen LogP contribution in [-0.2, 0) is 17.6 Å². The number of hydrogen-bond donors (Lipinski definition) is 1. The van der Waals surface area contributed by atoms with Gasteiger partial charge in [-0.05, 0) is 62.8 Å². The van der Waals surface area contributed by atoms with Crippen LogP contribution in [0, 0.1) is 13.8 Å². The predicted molar refractivity (Wildman–Crippen MR) is 93.8 cm³/mol. The van der Waals surface area contributed by atoms with Crippen molar-refractivity contribution in [3.05, 3.63) is 38.9 Å². The highest BCUT2D eigenvalue weighted by Crippen LogP contribution is 2.29. The monoisotopic (exact) mass is 350 g/mol. The highest BCUT2D eigenvalue weighted by Gasteiger charge is 2.16. The number of amides is 1. The van der Waals surface area contributed by atoms with Crippen molar-refractivity contribution in [3.8, 4) is 5.75 Å². The standard InChI is InChI=1S/C17H19ClN2O2S/c1-10-7-12(8-11(2)16(10)18)22-9-15(21)20-17-19-13-5-3-4-6-14(13)23-17/h7-8H,3-6,9H2,1-2H3,(H,19,20,21). The lowest BCUT2D eigenvalue weighted by Crippen LogP contribution is -2.20. The second-order valence-corrected chi connectivity index (χ2v) is 7.27. The number of thiazole rings is 1. The van der Waals surface area contributed by atoms with Crippen LogP contribution < -0.4 is 10.1 Å². The van der Waals surface area contributed by atoms with Crippen molar-refractivity contribution in [3.63, 3.8) is 0 Å². The molecule has 0 saturated carbocycles. The lowest BCUT2D eigenvalue weighted by molar-refractivity contribution is -0.118. The van der Waals surface area contributed by atoms with E-state index in [2.05, 4.69) is 10.3 Å². The van der Waals surface area contributed by atoms with Gasteiger partial charge in [0.25, 0.3) is 5.91 Å².